The Hall–Kier alpha value is -0.260. The van der Waals surface area contributed by atoms with E-state index >= 15 is 0 Å². The third kappa shape index (κ3) is 3.86. The van der Waals surface area contributed by atoms with Gasteiger partial charge >= 0.3 is 0 Å². The van der Waals surface area contributed by atoms with E-state index in [4.69, 9.17) is 10.5 Å². The van der Waals surface area contributed by atoms with E-state index in [1.54, 1.807) is 7.11 Å². The van der Waals surface area contributed by atoms with Gasteiger partial charge in [-0.3, -0.25) is 4.79 Å². The summed E-state index contributed by atoms with van der Waals surface area (Å²) >= 11 is 1.92. The summed E-state index contributed by atoms with van der Waals surface area (Å²) in [5.74, 6) is 1.96. The molecule has 0 aromatic carbocycles. The summed E-state index contributed by atoms with van der Waals surface area (Å²) in [6.07, 6.45) is 2.33. The van der Waals surface area contributed by atoms with E-state index in [9.17, 15) is 4.79 Å². The van der Waals surface area contributed by atoms with Crippen molar-refractivity contribution in [1.29, 1.82) is 0 Å². The van der Waals surface area contributed by atoms with E-state index in [0.29, 0.717) is 12.6 Å². The first-order valence-electron chi connectivity index (χ1n) is 4.86. The molecule has 5 heteroatoms. The Balaban J connectivity index is 2.33. The van der Waals surface area contributed by atoms with Gasteiger partial charge in [0.05, 0.1) is 6.61 Å². The first-order valence-corrected chi connectivity index (χ1v) is 6.01. The van der Waals surface area contributed by atoms with Crippen LogP contribution in [0, 0.1) is 0 Å². The molecule has 0 aromatic rings. The van der Waals surface area contributed by atoms with Gasteiger partial charge in [-0.2, -0.15) is 11.8 Å². The first-order chi connectivity index (χ1) is 6.74. The third-order valence-corrected chi connectivity index (χ3v) is 3.49. The molecule has 1 rings (SSSR count). The standard InChI is InChI=1S/C9H18N2O2S/c1-13-5-8(9(10)12)11-7-3-2-4-14-6-7/h7-8,11H,2-6H2,1H3,(H2,10,12). The van der Waals surface area contributed by atoms with Crippen LogP contribution in [0.15, 0.2) is 0 Å². The Kier molecular flexibility index (Phi) is 5.29. The number of hydrogen-bond acceptors (Lipinski definition) is 4. The van der Waals surface area contributed by atoms with Gasteiger partial charge in [-0.25, -0.2) is 0 Å². The Bertz CT molecular complexity index is 184. The molecule has 0 aliphatic carbocycles. The molecule has 0 bridgehead atoms. The van der Waals surface area contributed by atoms with Gasteiger partial charge in [-0.1, -0.05) is 0 Å². The molecule has 2 atom stereocenters. The summed E-state index contributed by atoms with van der Waals surface area (Å²) in [6.45, 7) is 0.358. The van der Waals surface area contributed by atoms with Crippen molar-refractivity contribution in [2.24, 2.45) is 5.73 Å². The number of rotatable bonds is 5. The Morgan fingerprint density at radius 2 is 2.57 bits per heavy atom. The van der Waals surface area contributed by atoms with Crippen molar-refractivity contribution in [1.82, 2.24) is 5.32 Å². The molecule has 1 saturated heterocycles. The summed E-state index contributed by atoms with van der Waals surface area (Å²) < 4.78 is 4.94. The minimum atomic E-state index is -0.344. The number of hydrogen-bond donors (Lipinski definition) is 2. The summed E-state index contributed by atoms with van der Waals surface area (Å²) in [5, 5.41) is 3.24. The summed E-state index contributed by atoms with van der Waals surface area (Å²) in [7, 11) is 1.58. The number of methoxy groups -OCH3 is 1. The van der Waals surface area contributed by atoms with Gasteiger partial charge in [0.25, 0.3) is 0 Å². The van der Waals surface area contributed by atoms with Crippen LogP contribution in [0.5, 0.6) is 0 Å². The minimum Gasteiger partial charge on any atom is -0.383 e. The number of nitrogens with one attached hydrogen (secondary N) is 1. The zero-order valence-electron chi connectivity index (χ0n) is 8.49. The van der Waals surface area contributed by atoms with Gasteiger partial charge in [0.1, 0.15) is 6.04 Å². The maximum absolute atomic E-state index is 11.0. The average molecular weight is 218 g/mol. The SMILES string of the molecule is COCC(NC1CCCSC1)C(N)=O. The summed E-state index contributed by atoms with van der Waals surface area (Å²) in [4.78, 5) is 11.0. The number of nitrogens with two attached hydrogens (primary N) is 1. The Morgan fingerprint density at radius 1 is 1.79 bits per heavy atom. The lowest BCUT2D eigenvalue weighted by Crippen LogP contribution is -2.50. The zero-order chi connectivity index (χ0) is 10.4. The second kappa shape index (κ2) is 6.27. The van der Waals surface area contributed by atoms with Crippen LogP contribution in [0.3, 0.4) is 0 Å². The van der Waals surface area contributed by atoms with Crippen LogP contribution in [-0.4, -0.2) is 43.2 Å². The lowest BCUT2D eigenvalue weighted by molar-refractivity contribution is -0.121. The van der Waals surface area contributed by atoms with Gasteiger partial charge < -0.3 is 15.8 Å². The molecule has 2 unspecified atom stereocenters. The molecule has 4 nitrogen and oxygen atoms in total. The van der Waals surface area contributed by atoms with Crippen LogP contribution >= 0.6 is 11.8 Å². The molecule has 0 spiro atoms. The number of amides is 1. The van der Waals surface area contributed by atoms with Gasteiger partial charge in [0.15, 0.2) is 0 Å². The maximum atomic E-state index is 11.0. The molecule has 1 aliphatic rings. The quantitative estimate of drug-likeness (QED) is 0.680. The van der Waals surface area contributed by atoms with Crippen molar-refractivity contribution in [3.05, 3.63) is 0 Å². The van der Waals surface area contributed by atoms with Crippen LogP contribution in [0.25, 0.3) is 0 Å². The smallest absolute Gasteiger partial charge is 0.236 e. The fourth-order valence-corrected chi connectivity index (χ4v) is 2.62. The van der Waals surface area contributed by atoms with Crippen LogP contribution < -0.4 is 11.1 Å². The van der Waals surface area contributed by atoms with E-state index in [2.05, 4.69) is 5.32 Å². The topological polar surface area (TPSA) is 64.3 Å². The second-order valence-electron chi connectivity index (χ2n) is 3.49. The van der Waals surface area contributed by atoms with Crippen molar-refractivity contribution in [2.45, 2.75) is 24.9 Å². The van der Waals surface area contributed by atoms with E-state index in [-0.39, 0.29) is 11.9 Å². The van der Waals surface area contributed by atoms with Gasteiger partial charge in [0, 0.05) is 18.9 Å². The van der Waals surface area contributed by atoms with Crippen LogP contribution in [-0.2, 0) is 9.53 Å². The highest BCUT2D eigenvalue weighted by molar-refractivity contribution is 7.99. The van der Waals surface area contributed by atoms with Crippen LogP contribution in [0.2, 0.25) is 0 Å². The second-order valence-corrected chi connectivity index (χ2v) is 4.64. The molecule has 3 N–H and O–H groups in total. The molecule has 0 radical (unpaired) electrons. The van der Waals surface area contributed by atoms with Crippen LogP contribution in [0.1, 0.15) is 12.8 Å². The predicted octanol–water partition coefficient (Wildman–Crippen LogP) is -0.0281. The third-order valence-electron chi connectivity index (χ3n) is 2.27. The van der Waals surface area contributed by atoms with Gasteiger partial charge in [-0.05, 0) is 18.6 Å². The van der Waals surface area contributed by atoms with E-state index in [1.165, 1.54) is 12.2 Å². The molecule has 0 aromatic heterocycles. The molecule has 14 heavy (non-hydrogen) atoms. The van der Waals surface area contributed by atoms with Crippen LogP contribution in [0.4, 0.5) is 0 Å². The molecule has 1 heterocycles. The number of carbonyl (C=O) groups excluding carboxylic acids is 1. The molecule has 1 amide bonds. The normalized spacial score (nSPS) is 24.5. The molecular formula is C9H18N2O2S. The lowest BCUT2D eigenvalue weighted by atomic mass is 10.1. The number of carbonyl (C=O) groups is 1. The summed E-state index contributed by atoms with van der Waals surface area (Å²) in [6, 6.07) is 0.0603. The van der Waals surface area contributed by atoms with Crippen molar-refractivity contribution >= 4 is 17.7 Å². The predicted molar refractivity (Wildman–Crippen MR) is 58.3 cm³/mol. The minimum absolute atomic E-state index is 0.331. The van der Waals surface area contributed by atoms with Gasteiger partial charge in [-0.15, -0.1) is 0 Å². The highest BCUT2D eigenvalue weighted by atomic mass is 32.2. The van der Waals surface area contributed by atoms with E-state index < -0.39 is 0 Å². The zero-order valence-corrected chi connectivity index (χ0v) is 9.31. The van der Waals surface area contributed by atoms with E-state index in [0.717, 1.165) is 12.2 Å². The molecule has 1 aliphatic heterocycles. The number of thioether (sulfide) groups is 1. The Morgan fingerprint density at radius 3 is 3.07 bits per heavy atom. The van der Waals surface area contributed by atoms with Crippen molar-refractivity contribution < 1.29 is 9.53 Å². The average Bonchev–Trinajstić information content (AvgIpc) is 2.18. The highest BCUT2D eigenvalue weighted by Crippen LogP contribution is 2.17. The van der Waals surface area contributed by atoms with Gasteiger partial charge in [0.2, 0.25) is 5.91 Å². The Labute approximate surface area is 88.9 Å². The van der Waals surface area contributed by atoms with Crippen molar-refractivity contribution in [2.75, 3.05) is 25.2 Å². The summed E-state index contributed by atoms with van der Waals surface area (Å²) in [5.41, 5.74) is 5.25. The molecule has 0 saturated carbocycles. The fraction of sp³-hybridized carbons (Fsp3) is 0.889. The number of primary amides is 1. The maximum Gasteiger partial charge on any atom is 0.236 e. The molecular weight excluding hydrogens is 200 g/mol. The van der Waals surface area contributed by atoms with E-state index in [1.807, 2.05) is 11.8 Å². The largest absolute Gasteiger partial charge is 0.383 e. The molecule has 82 valence electrons. The highest BCUT2D eigenvalue weighted by Gasteiger charge is 2.21. The number of ether oxygens (including phenoxy) is 1. The lowest BCUT2D eigenvalue weighted by Gasteiger charge is -2.26. The first kappa shape index (κ1) is 11.8. The molecule has 1 fully saturated rings. The monoisotopic (exact) mass is 218 g/mol. The fourth-order valence-electron chi connectivity index (χ4n) is 1.54. The van der Waals surface area contributed by atoms with Crippen molar-refractivity contribution in [3.8, 4) is 0 Å². The van der Waals surface area contributed by atoms with Crippen molar-refractivity contribution in [3.63, 3.8) is 0 Å².